The van der Waals surface area contributed by atoms with Crippen LogP contribution in [-0.4, -0.2) is 36.4 Å². The van der Waals surface area contributed by atoms with Crippen molar-refractivity contribution in [1.82, 2.24) is 0 Å². The number of hydrogen-bond acceptors (Lipinski definition) is 5. The van der Waals surface area contributed by atoms with Gasteiger partial charge in [0.1, 0.15) is 19.3 Å². The molecule has 0 spiro atoms. The molecular weight excluding hydrogens is 428 g/mol. The highest BCUT2D eigenvalue weighted by molar-refractivity contribution is 5.86. The van der Waals surface area contributed by atoms with E-state index in [2.05, 4.69) is 48.1 Å². The summed E-state index contributed by atoms with van der Waals surface area (Å²) in [6.07, 6.45) is 8.00. The fourth-order valence-corrected chi connectivity index (χ4v) is 8.16. The van der Waals surface area contributed by atoms with E-state index in [1.54, 1.807) is 6.92 Å². The van der Waals surface area contributed by atoms with Crippen LogP contribution in [0.1, 0.15) is 99.8 Å². The first-order valence-electron chi connectivity index (χ1n) is 13.4. The summed E-state index contributed by atoms with van der Waals surface area (Å²) in [5.41, 5.74) is 0.311. The van der Waals surface area contributed by atoms with E-state index < -0.39 is 17.5 Å². The number of aliphatic hydroxyl groups excluding tert-OH is 1. The summed E-state index contributed by atoms with van der Waals surface area (Å²) in [7, 11) is 0. The van der Waals surface area contributed by atoms with E-state index in [-0.39, 0.29) is 41.5 Å². The second-order valence-corrected chi connectivity index (χ2v) is 13.1. The van der Waals surface area contributed by atoms with Gasteiger partial charge in [0.05, 0.1) is 5.41 Å². The Bertz CT molecular complexity index is 804. The van der Waals surface area contributed by atoms with Gasteiger partial charge in [-0.1, -0.05) is 47.6 Å². The maximum atomic E-state index is 13.5. The molecule has 0 aliphatic heterocycles. The number of aliphatic hydroxyl groups is 1. The van der Waals surface area contributed by atoms with Crippen LogP contribution in [-0.2, 0) is 19.1 Å². The van der Waals surface area contributed by atoms with Gasteiger partial charge in [0.2, 0.25) is 0 Å². The van der Waals surface area contributed by atoms with Crippen molar-refractivity contribution in [2.45, 2.75) is 106 Å². The van der Waals surface area contributed by atoms with E-state index in [0.29, 0.717) is 5.41 Å². The van der Waals surface area contributed by atoms with Crippen LogP contribution in [0.4, 0.5) is 0 Å². The van der Waals surface area contributed by atoms with Crippen LogP contribution >= 0.6 is 0 Å². The topological polar surface area (TPSA) is 72.8 Å². The van der Waals surface area contributed by atoms with Crippen LogP contribution in [0.15, 0.2) is 12.2 Å². The molecule has 0 saturated heterocycles. The number of ether oxygens (including phenoxy) is 2. The van der Waals surface area contributed by atoms with Gasteiger partial charge < -0.3 is 14.6 Å². The number of rotatable bonds is 7. The maximum Gasteiger partial charge on any atom is 0.333 e. The van der Waals surface area contributed by atoms with E-state index in [1.807, 2.05) is 0 Å². The lowest BCUT2D eigenvalue weighted by Gasteiger charge is -2.70. The smallest absolute Gasteiger partial charge is 0.333 e. The van der Waals surface area contributed by atoms with Gasteiger partial charge in [0.25, 0.3) is 0 Å². The van der Waals surface area contributed by atoms with Crippen molar-refractivity contribution in [2.75, 3.05) is 13.2 Å². The molecule has 0 heterocycles. The minimum atomic E-state index is -1.04. The van der Waals surface area contributed by atoms with Crippen molar-refractivity contribution in [3.05, 3.63) is 12.2 Å². The summed E-state index contributed by atoms with van der Waals surface area (Å²) in [6, 6.07) is 0. The Labute approximate surface area is 207 Å². The van der Waals surface area contributed by atoms with E-state index in [4.69, 9.17) is 9.47 Å². The molecule has 7 unspecified atom stereocenters. The molecule has 1 N–H and O–H groups in total. The molecule has 3 rings (SSSR count). The standard InChI is InChI=1S/C29H48O5/c1-19(2)21-10-15-29(8)26(5,16-21)14-11-23-27(6,12-9-13-28(23,29)7)25(32)34-18-22(30)17-33-24(31)20(3)4/h19,21-23,30H,3,9-18H2,1-2,4-8H3. The Morgan fingerprint density at radius 3 is 2.26 bits per heavy atom. The molecule has 5 nitrogen and oxygen atoms in total. The minimum Gasteiger partial charge on any atom is -0.462 e. The normalized spacial score (nSPS) is 40.6. The van der Waals surface area contributed by atoms with Gasteiger partial charge in [-0.05, 0) is 92.8 Å². The Morgan fingerprint density at radius 2 is 1.65 bits per heavy atom. The van der Waals surface area contributed by atoms with Gasteiger partial charge >= 0.3 is 11.9 Å². The average Bonchev–Trinajstić information content (AvgIpc) is 2.76. The van der Waals surface area contributed by atoms with Crippen molar-refractivity contribution >= 4 is 11.9 Å². The number of esters is 2. The monoisotopic (exact) mass is 476 g/mol. The molecule has 194 valence electrons. The molecule has 0 aromatic heterocycles. The van der Waals surface area contributed by atoms with E-state index >= 15 is 0 Å². The zero-order chi connectivity index (χ0) is 25.5. The molecule has 0 aromatic carbocycles. The first-order chi connectivity index (χ1) is 15.7. The predicted octanol–water partition coefficient (Wildman–Crippen LogP) is 6.09. The fraction of sp³-hybridized carbons (Fsp3) is 0.862. The molecule has 7 atom stereocenters. The largest absolute Gasteiger partial charge is 0.462 e. The molecule has 3 saturated carbocycles. The summed E-state index contributed by atoms with van der Waals surface area (Å²) in [5, 5.41) is 10.2. The van der Waals surface area contributed by atoms with Gasteiger partial charge in [-0.3, -0.25) is 4.79 Å². The van der Waals surface area contributed by atoms with Crippen LogP contribution < -0.4 is 0 Å². The first-order valence-corrected chi connectivity index (χ1v) is 13.4. The van der Waals surface area contributed by atoms with Crippen molar-refractivity contribution < 1.29 is 24.2 Å². The molecule has 34 heavy (non-hydrogen) atoms. The molecule has 5 heteroatoms. The predicted molar refractivity (Wildman–Crippen MR) is 134 cm³/mol. The highest BCUT2D eigenvalue weighted by Crippen LogP contribution is 2.74. The molecule has 0 radical (unpaired) electrons. The lowest BCUT2D eigenvalue weighted by Crippen LogP contribution is -2.64. The highest BCUT2D eigenvalue weighted by atomic mass is 16.6. The van der Waals surface area contributed by atoms with Crippen molar-refractivity contribution in [3.63, 3.8) is 0 Å². The van der Waals surface area contributed by atoms with Crippen molar-refractivity contribution in [2.24, 2.45) is 39.4 Å². The summed E-state index contributed by atoms with van der Waals surface area (Å²) in [6.45, 7) is 19.1. The zero-order valence-electron chi connectivity index (χ0n) is 22.7. The lowest BCUT2D eigenvalue weighted by molar-refractivity contribution is -0.224. The van der Waals surface area contributed by atoms with Gasteiger partial charge in [-0.2, -0.15) is 0 Å². The van der Waals surface area contributed by atoms with E-state index in [1.165, 1.54) is 25.7 Å². The molecule has 3 aliphatic rings. The Kier molecular flexibility index (Phi) is 7.68. The Balaban J connectivity index is 1.73. The summed E-state index contributed by atoms with van der Waals surface area (Å²) < 4.78 is 10.7. The van der Waals surface area contributed by atoms with Crippen LogP contribution in [0.2, 0.25) is 0 Å². The first kappa shape index (κ1) is 27.2. The number of carbonyl (C=O) groups is 2. The quantitative estimate of drug-likeness (QED) is 0.356. The van der Waals surface area contributed by atoms with Crippen LogP contribution in [0.25, 0.3) is 0 Å². The molecule has 3 fully saturated rings. The molecule has 3 aliphatic carbocycles. The Hall–Kier alpha value is -1.36. The Morgan fingerprint density at radius 1 is 1.00 bits per heavy atom. The molecular formula is C29H48O5. The third-order valence-electron chi connectivity index (χ3n) is 10.8. The van der Waals surface area contributed by atoms with Crippen LogP contribution in [0.5, 0.6) is 0 Å². The summed E-state index contributed by atoms with van der Waals surface area (Å²) in [5.74, 6) is 1.02. The molecule has 0 aromatic rings. The average molecular weight is 477 g/mol. The third kappa shape index (κ3) is 4.47. The summed E-state index contributed by atoms with van der Waals surface area (Å²) >= 11 is 0. The fourth-order valence-electron chi connectivity index (χ4n) is 8.16. The zero-order valence-corrected chi connectivity index (χ0v) is 22.7. The van der Waals surface area contributed by atoms with Gasteiger partial charge in [-0.15, -0.1) is 0 Å². The van der Waals surface area contributed by atoms with E-state index in [0.717, 1.165) is 37.5 Å². The number of carbonyl (C=O) groups excluding carboxylic acids is 2. The minimum absolute atomic E-state index is 0.0869. The van der Waals surface area contributed by atoms with Crippen LogP contribution in [0, 0.1) is 39.4 Å². The van der Waals surface area contributed by atoms with Crippen LogP contribution in [0.3, 0.4) is 0 Å². The maximum absolute atomic E-state index is 13.5. The number of hydrogen-bond donors (Lipinski definition) is 1. The van der Waals surface area contributed by atoms with E-state index in [9.17, 15) is 14.7 Å². The SMILES string of the molecule is C=C(C)C(=O)OCC(O)COC(=O)C1(C)CCCC2(C)C1CCC1(C)CC(C(C)C)CCC12C. The number of fused-ring (bicyclic) bond motifs is 3. The molecule has 0 amide bonds. The van der Waals surface area contributed by atoms with Gasteiger partial charge in [-0.25, -0.2) is 4.79 Å². The lowest BCUT2D eigenvalue weighted by atomic mass is 9.34. The second-order valence-electron chi connectivity index (χ2n) is 13.1. The third-order valence-corrected chi connectivity index (χ3v) is 10.8. The van der Waals surface area contributed by atoms with Gasteiger partial charge in [0, 0.05) is 5.57 Å². The van der Waals surface area contributed by atoms with Crippen molar-refractivity contribution in [1.29, 1.82) is 0 Å². The van der Waals surface area contributed by atoms with Gasteiger partial charge in [0.15, 0.2) is 0 Å². The summed E-state index contributed by atoms with van der Waals surface area (Å²) in [4.78, 5) is 25.1. The van der Waals surface area contributed by atoms with Crippen molar-refractivity contribution in [3.8, 4) is 0 Å². The molecule has 0 bridgehead atoms. The highest BCUT2D eigenvalue weighted by Gasteiger charge is 2.67. The second kappa shape index (κ2) is 9.59.